The van der Waals surface area contributed by atoms with Gasteiger partial charge in [0.05, 0.1) is 0 Å². The molecule has 2 nitrogen and oxygen atoms in total. The van der Waals surface area contributed by atoms with Gasteiger partial charge in [-0.05, 0) is 43.9 Å². The number of rotatable bonds is 4. The lowest BCUT2D eigenvalue weighted by Crippen LogP contribution is -2.47. The largest absolute Gasteiger partial charge is 0.307 e. The predicted molar refractivity (Wildman–Crippen MR) is 67.9 cm³/mol. The molecule has 3 heteroatoms. The Hall–Kier alpha value is -0.670. The van der Waals surface area contributed by atoms with Gasteiger partial charge in [-0.3, -0.25) is 4.21 Å². The molecule has 1 saturated carbocycles. The zero-order chi connectivity index (χ0) is 11.6. The smallest absolute Gasteiger partial charge is 0.0498 e. The second-order valence-corrected chi connectivity index (χ2v) is 6.25. The number of benzene rings is 1. The Balaban J connectivity index is 1.92. The molecule has 0 aliphatic heterocycles. The third-order valence-corrected chi connectivity index (χ3v) is 4.37. The number of nitrogens with one attached hydrogen (secondary N) is 1. The average Bonchev–Trinajstić information content (AvgIpc) is 2.24. The van der Waals surface area contributed by atoms with Crippen LogP contribution in [0.3, 0.4) is 0 Å². The summed E-state index contributed by atoms with van der Waals surface area (Å²) in [5.41, 5.74) is 1.62. The first-order valence-corrected chi connectivity index (χ1v) is 7.32. The van der Waals surface area contributed by atoms with E-state index in [-0.39, 0.29) is 0 Å². The Morgan fingerprint density at radius 1 is 1.31 bits per heavy atom. The van der Waals surface area contributed by atoms with Crippen molar-refractivity contribution in [2.75, 3.05) is 6.26 Å². The summed E-state index contributed by atoms with van der Waals surface area (Å²) in [6, 6.07) is 8.03. The lowest BCUT2D eigenvalue weighted by atomic mass is 9.78. The first kappa shape index (κ1) is 11.8. The number of hydrogen-bond donors (Lipinski definition) is 1. The maximum absolute atomic E-state index is 11.2. The summed E-state index contributed by atoms with van der Waals surface area (Å²) in [5, 5.41) is 3.58. The highest BCUT2D eigenvalue weighted by atomic mass is 32.2. The Labute approximate surface area is 99.9 Å². The van der Waals surface area contributed by atoms with E-state index < -0.39 is 10.8 Å². The molecule has 1 aliphatic carbocycles. The van der Waals surface area contributed by atoms with Crippen molar-refractivity contribution in [1.29, 1.82) is 0 Å². The average molecular weight is 237 g/mol. The molecule has 0 amide bonds. The van der Waals surface area contributed by atoms with E-state index in [0.717, 1.165) is 11.4 Å². The summed E-state index contributed by atoms with van der Waals surface area (Å²) < 4.78 is 11.2. The van der Waals surface area contributed by atoms with Gasteiger partial charge in [-0.15, -0.1) is 0 Å². The minimum Gasteiger partial charge on any atom is -0.307 e. The van der Waals surface area contributed by atoms with Crippen molar-refractivity contribution in [1.82, 2.24) is 5.32 Å². The van der Waals surface area contributed by atoms with Gasteiger partial charge in [0.15, 0.2) is 0 Å². The molecule has 1 unspecified atom stereocenters. The molecule has 0 heterocycles. The standard InChI is InChI=1S/C13H19NOS/c1-13(8-3-9-13)14-10-11-4-6-12(7-5-11)16(2)15/h4-7,14H,3,8-10H2,1-2H3. The SMILES string of the molecule is CS(=O)c1ccc(CNC2(C)CCC2)cc1. The van der Waals surface area contributed by atoms with Crippen molar-refractivity contribution in [3.63, 3.8) is 0 Å². The maximum Gasteiger partial charge on any atom is 0.0498 e. The van der Waals surface area contributed by atoms with Crippen molar-refractivity contribution < 1.29 is 4.21 Å². The second-order valence-electron chi connectivity index (χ2n) is 4.87. The third-order valence-electron chi connectivity index (χ3n) is 3.43. The summed E-state index contributed by atoms with van der Waals surface area (Å²) in [4.78, 5) is 0.901. The fourth-order valence-electron chi connectivity index (χ4n) is 2.00. The molecule has 88 valence electrons. The normalized spacial score (nSPS) is 20.1. The Morgan fingerprint density at radius 3 is 2.38 bits per heavy atom. The molecule has 0 spiro atoms. The lowest BCUT2D eigenvalue weighted by Gasteiger charge is -2.39. The molecule has 0 aromatic heterocycles. The van der Waals surface area contributed by atoms with Crippen molar-refractivity contribution in [3.8, 4) is 0 Å². The highest BCUT2D eigenvalue weighted by molar-refractivity contribution is 7.84. The maximum atomic E-state index is 11.2. The molecule has 1 aliphatic rings. The van der Waals surface area contributed by atoms with Crippen LogP contribution < -0.4 is 5.32 Å². The molecule has 1 aromatic carbocycles. The molecule has 0 saturated heterocycles. The van der Waals surface area contributed by atoms with Crippen molar-refractivity contribution >= 4 is 10.8 Å². The molecule has 0 bridgehead atoms. The van der Waals surface area contributed by atoms with Gasteiger partial charge in [0.1, 0.15) is 0 Å². The van der Waals surface area contributed by atoms with E-state index in [0.29, 0.717) is 5.54 Å². The van der Waals surface area contributed by atoms with E-state index >= 15 is 0 Å². The molecule has 1 fully saturated rings. The topological polar surface area (TPSA) is 29.1 Å². The van der Waals surface area contributed by atoms with Crippen molar-refractivity contribution in [3.05, 3.63) is 29.8 Å². The lowest BCUT2D eigenvalue weighted by molar-refractivity contribution is 0.207. The van der Waals surface area contributed by atoms with Gasteiger partial charge in [0.25, 0.3) is 0 Å². The van der Waals surface area contributed by atoms with Gasteiger partial charge >= 0.3 is 0 Å². The van der Waals surface area contributed by atoms with Gasteiger partial charge in [0, 0.05) is 34.0 Å². The summed E-state index contributed by atoms with van der Waals surface area (Å²) >= 11 is 0. The number of hydrogen-bond acceptors (Lipinski definition) is 2. The van der Waals surface area contributed by atoms with Crippen LogP contribution in [0.4, 0.5) is 0 Å². The Morgan fingerprint density at radius 2 is 1.94 bits per heavy atom. The summed E-state index contributed by atoms with van der Waals surface area (Å²) in [6.45, 7) is 3.19. The summed E-state index contributed by atoms with van der Waals surface area (Å²) in [6.07, 6.45) is 5.62. The van der Waals surface area contributed by atoms with Gasteiger partial charge in [-0.25, -0.2) is 0 Å². The Kier molecular flexibility index (Phi) is 3.45. The minimum atomic E-state index is -0.869. The minimum absolute atomic E-state index is 0.353. The van der Waals surface area contributed by atoms with Crippen molar-refractivity contribution in [2.45, 2.75) is 43.2 Å². The molecular weight excluding hydrogens is 218 g/mol. The van der Waals surface area contributed by atoms with Crippen LogP contribution in [-0.2, 0) is 17.3 Å². The first-order valence-electron chi connectivity index (χ1n) is 5.76. The third kappa shape index (κ3) is 2.71. The fourth-order valence-corrected chi connectivity index (χ4v) is 2.52. The van der Waals surface area contributed by atoms with Crippen LogP contribution in [0.1, 0.15) is 31.7 Å². The van der Waals surface area contributed by atoms with Gasteiger partial charge in [-0.2, -0.15) is 0 Å². The van der Waals surface area contributed by atoms with E-state index in [9.17, 15) is 4.21 Å². The molecule has 1 atom stereocenters. The van der Waals surface area contributed by atoms with Crippen LogP contribution >= 0.6 is 0 Å². The Bertz CT molecular complexity index is 381. The van der Waals surface area contributed by atoms with Crippen LogP contribution in [0, 0.1) is 0 Å². The molecule has 2 rings (SSSR count). The first-order chi connectivity index (χ1) is 7.59. The summed E-state index contributed by atoms with van der Waals surface area (Å²) in [5.74, 6) is 0. The van der Waals surface area contributed by atoms with E-state index in [1.54, 1.807) is 6.26 Å². The molecule has 0 radical (unpaired) electrons. The van der Waals surface area contributed by atoms with Crippen LogP contribution in [-0.4, -0.2) is 16.0 Å². The molecule has 1 aromatic rings. The van der Waals surface area contributed by atoms with Crippen LogP contribution in [0.15, 0.2) is 29.2 Å². The molecule has 1 N–H and O–H groups in total. The van der Waals surface area contributed by atoms with E-state index in [1.807, 2.05) is 12.1 Å². The van der Waals surface area contributed by atoms with Gasteiger partial charge in [-0.1, -0.05) is 12.1 Å². The van der Waals surface area contributed by atoms with Crippen LogP contribution in [0.25, 0.3) is 0 Å². The van der Waals surface area contributed by atoms with Crippen LogP contribution in [0.2, 0.25) is 0 Å². The van der Waals surface area contributed by atoms with E-state index in [1.165, 1.54) is 24.8 Å². The van der Waals surface area contributed by atoms with E-state index in [4.69, 9.17) is 0 Å². The molecular formula is C13H19NOS. The zero-order valence-electron chi connectivity index (χ0n) is 9.95. The zero-order valence-corrected chi connectivity index (χ0v) is 10.8. The van der Waals surface area contributed by atoms with Crippen LogP contribution in [0.5, 0.6) is 0 Å². The summed E-state index contributed by atoms with van der Waals surface area (Å²) in [7, 11) is -0.869. The second kappa shape index (κ2) is 4.68. The van der Waals surface area contributed by atoms with E-state index in [2.05, 4.69) is 24.4 Å². The van der Waals surface area contributed by atoms with Gasteiger partial charge in [0.2, 0.25) is 0 Å². The van der Waals surface area contributed by atoms with Gasteiger partial charge < -0.3 is 5.32 Å². The molecule has 16 heavy (non-hydrogen) atoms. The predicted octanol–water partition coefficient (Wildman–Crippen LogP) is 2.46. The van der Waals surface area contributed by atoms with Crippen molar-refractivity contribution in [2.24, 2.45) is 0 Å². The monoisotopic (exact) mass is 237 g/mol. The fraction of sp³-hybridized carbons (Fsp3) is 0.538. The quantitative estimate of drug-likeness (QED) is 0.871. The highest BCUT2D eigenvalue weighted by Crippen LogP contribution is 2.31. The highest BCUT2D eigenvalue weighted by Gasteiger charge is 2.30.